The summed E-state index contributed by atoms with van der Waals surface area (Å²) in [5.41, 5.74) is 3.89. The summed E-state index contributed by atoms with van der Waals surface area (Å²) >= 11 is 6.40. The molecule has 3 aromatic heterocycles. The molecular weight excluding hydrogens is 362 g/mol. The number of rotatable bonds is 5. The molecule has 0 spiro atoms. The van der Waals surface area contributed by atoms with Crippen LogP contribution >= 0.6 is 11.6 Å². The lowest BCUT2D eigenvalue weighted by Crippen LogP contribution is -2.02. The molecule has 134 valence electrons. The lowest BCUT2D eigenvalue weighted by molar-refractivity contribution is -0.116. The fraction of sp³-hybridized carbons (Fsp3) is 0.100. The molecule has 27 heavy (non-hydrogen) atoms. The third kappa shape index (κ3) is 3.52. The first-order valence-electron chi connectivity index (χ1n) is 8.41. The number of hydrogen-bond acceptors (Lipinski definition) is 4. The largest absolute Gasteiger partial charge is 0.345 e. The first-order valence-corrected chi connectivity index (χ1v) is 8.78. The fourth-order valence-electron chi connectivity index (χ4n) is 2.90. The average Bonchev–Trinajstić information content (AvgIpc) is 3.31. The van der Waals surface area contributed by atoms with Gasteiger partial charge < -0.3 is 4.98 Å². The number of carbonyl (C=O) groups is 1. The number of nitrogens with zero attached hydrogens (tertiary/aromatic N) is 4. The van der Waals surface area contributed by atoms with Crippen LogP contribution < -0.4 is 0 Å². The van der Waals surface area contributed by atoms with Crippen molar-refractivity contribution in [3.05, 3.63) is 71.9 Å². The molecule has 0 aliphatic heterocycles. The number of ketones is 1. The van der Waals surface area contributed by atoms with Crippen molar-refractivity contribution in [1.82, 2.24) is 24.7 Å². The van der Waals surface area contributed by atoms with Crippen LogP contribution in [0.4, 0.5) is 0 Å². The minimum atomic E-state index is 0.0631. The van der Waals surface area contributed by atoms with Crippen LogP contribution in [0.1, 0.15) is 12.6 Å². The van der Waals surface area contributed by atoms with Gasteiger partial charge >= 0.3 is 0 Å². The van der Waals surface area contributed by atoms with E-state index in [1.807, 2.05) is 42.6 Å². The van der Waals surface area contributed by atoms with Gasteiger partial charge in [-0.15, -0.1) is 0 Å². The van der Waals surface area contributed by atoms with E-state index in [-0.39, 0.29) is 12.2 Å². The maximum absolute atomic E-state index is 11.4. The van der Waals surface area contributed by atoms with E-state index in [4.69, 9.17) is 16.7 Å². The SMILES string of the molecule is CC(=O)Cc1cc(-n2cc(-c3ncc[nH]3)c(-c3ccccc3Cl)n2)ccn1. The summed E-state index contributed by atoms with van der Waals surface area (Å²) in [6, 6.07) is 11.3. The van der Waals surface area contributed by atoms with E-state index in [9.17, 15) is 4.79 Å². The van der Waals surface area contributed by atoms with Gasteiger partial charge in [0.05, 0.1) is 16.3 Å². The first kappa shape index (κ1) is 17.2. The molecule has 0 fully saturated rings. The van der Waals surface area contributed by atoms with Gasteiger partial charge in [0.1, 0.15) is 17.3 Å². The Kier molecular flexibility index (Phi) is 4.56. The van der Waals surface area contributed by atoms with Crippen LogP contribution in [0.15, 0.2) is 61.2 Å². The molecule has 0 amide bonds. The number of nitrogens with one attached hydrogen (secondary N) is 1. The summed E-state index contributed by atoms with van der Waals surface area (Å²) in [6.07, 6.45) is 7.32. The van der Waals surface area contributed by atoms with E-state index in [0.717, 1.165) is 22.5 Å². The molecule has 0 saturated carbocycles. The number of benzene rings is 1. The Labute approximate surface area is 160 Å². The molecule has 0 radical (unpaired) electrons. The summed E-state index contributed by atoms with van der Waals surface area (Å²) < 4.78 is 1.75. The number of halogens is 1. The zero-order valence-corrected chi connectivity index (χ0v) is 15.3. The number of aromatic nitrogens is 5. The number of pyridine rings is 1. The Morgan fingerprint density at radius 1 is 1.15 bits per heavy atom. The van der Waals surface area contributed by atoms with Crippen LogP contribution in [0.5, 0.6) is 0 Å². The van der Waals surface area contributed by atoms with Crippen molar-refractivity contribution in [1.29, 1.82) is 0 Å². The Hall–Kier alpha value is -3.25. The van der Waals surface area contributed by atoms with Crippen molar-refractivity contribution in [2.45, 2.75) is 13.3 Å². The van der Waals surface area contributed by atoms with E-state index in [1.54, 1.807) is 30.2 Å². The maximum atomic E-state index is 11.4. The smallest absolute Gasteiger partial charge is 0.141 e. The topological polar surface area (TPSA) is 76.5 Å². The van der Waals surface area contributed by atoms with Gasteiger partial charge in [-0.3, -0.25) is 9.78 Å². The highest BCUT2D eigenvalue weighted by molar-refractivity contribution is 6.33. The second kappa shape index (κ2) is 7.17. The lowest BCUT2D eigenvalue weighted by atomic mass is 10.1. The number of Topliss-reactive ketones (excluding diaryl/α,β-unsaturated/α-hetero) is 1. The van der Waals surface area contributed by atoms with Crippen molar-refractivity contribution < 1.29 is 4.79 Å². The van der Waals surface area contributed by atoms with Gasteiger partial charge in [0, 0.05) is 42.5 Å². The van der Waals surface area contributed by atoms with Crippen LogP contribution in [0.2, 0.25) is 5.02 Å². The third-order valence-corrected chi connectivity index (χ3v) is 4.42. The highest BCUT2D eigenvalue weighted by Gasteiger charge is 2.18. The molecule has 4 aromatic rings. The van der Waals surface area contributed by atoms with Crippen molar-refractivity contribution in [3.8, 4) is 28.3 Å². The molecule has 0 bridgehead atoms. The molecule has 0 atom stereocenters. The Bertz CT molecular complexity index is 1100. The minimum Gasteiger partial charge on any atom is -0.345 e. The highest BCUT2D eigenvalue weighted by Crippen LogP contribution is 2.34. The van der Waals surface area contributed by atoms with Crippen LogP contribution in [-0.4, -0.2) is 30.5 Å². The fourth-order valence-corrected chi connectivity index (χ4v) is 3.13. The van der Waals surface area contributed by atoms with Crippen molar-refractivity contribution in [2.24, 2.45) is 0 Å². The number of imidazole rings is 1. The Balaban J connectivity index is 1.85. The van der Waals surface area contributed by atoms with Crippen LogP contribution in [0, 0.1) is 0 Å². The first-order chi connectivity index (χ1) is 13.1. The molecule has 4 rings (SSSR count). The van der Waals surface area contributed by atoms with E-state index in [1.165, 1.54) is 0 Å². The minimum absolute atomic E-state index is 0.0631. The van der Waals surface area contributed by atoms with Crippen LogP contribution in [0.25, 0.3) is 28.3 Å². The summed E-state index contributed by atoms with van der Waals surface area (Å²) in [5, 5.41) is 5.36. The van der Waals surface area contributed by atoms with E-state index in [2.05, 4.69) is 15.0 Å². The molecule has 0 unspecified atom stereocenters. The van der Waals surface area contributed by atoms with Crippen molar-refractivity contribution in [2.75, 3.05) is 0 Å². The van der Waals surface area contributed by atoms with Gasteiger partial charge in [0.15, 0.2) is 0 Å². The lowest BCUT2D eigenvalue weighted by Gasteiger charge is -2.04. The monoisotopic (exact) mass is 377 g/mol. The zero-order chi connectivity index (χ0) is 18.8. The van der Waals surface area contributed by atoms with Crippen LogP contribution in [0.3, 0.4) is 0 Å². The van der Waals surface area contributed by atoms with Gasteiger partial charge in [-0.05, 0) is 25.1 Å². The second-order valence-corrected chi connectivity index (χ2v) is 6.54. The van der Waals surface area contributed by atoms with Gasteiger partial charge in [0.25, 0.3) is 0 Å². The molecule has 6 nitrogen and oxygen atoms in total. The third-order valence-electron chi connectivity index (χ3n) is 4.09. The molecule has 3 heterocycles. The summed E-state index contributed by atoms with van der Waals surface area (Å²) in [6.45, 7) is 1.55. The molecule has 0 saturated heterocycles. The molecule has 1 N–H and O–H groups in total. The van der Waals surface area contributed by atoms with E-state index < -0.39 is 0 Å². The van der Waals surface area contributed by atoms with Crippen molar-refractivity contribution >= 4 is 17.4 Å². The molecule has 0 aliphatic carbocycles. The van der Waals surface area contributed by atoms with E-state index in [0.29, 0.717) is 16.5 Å². The Morgan fingerprint density at radius 2 is 2.00 bits per heavy atom. The van der Waals surface area contributed by atoms with Gasteiger partial charge in [-0.2, -0.15) is 5.10 Å². The Morgan fingerprint density at radius 3 is 2.74 bits per heavy atom. The predicted octanol–water partition coefficient (Wildman–Crippen LogP) is 4.11. The number of carbonyl (C=O) groups excluding carboxylic acids is 1. The summed E-state index contributed by atoms with van der Waals surface area (Å²) in [7, 11) is 0. The second-order valence-electron chi connectivity index (χ2n) is 6.14. The molecule has 1 aromatic carbocycles. The van der Waals surface area contributed by atoms with Gasteiger partial charge in [-0.1, -0.05) is 29.8 Å². The van der Waals surface area contributed by atoms with Gasteiger partial charge in [0.2, 0.25) is 0 Å². The van der Waals surface area contributed by atoms with E-state index >= 15 is 0 Å². The number of hydrogen-bond donors (Lipinski definition) is 1. The number of aromatic amines is 1. The zero-order valence-electron chi connectivity index (χ0n) is 14.6. The predicted molar refractivity (Wildman–Crippen MR) is 104 cm³/mol. The van der Waals surface area contributed by atoms with Crippen LogP contribution in [-0.2, 0) is 11.2 Å². The van der Waals surface area contributed by atoms with Crippen molar-refractivity contribution in [3.63, 3.8) is 0 Å². The highest BCUT2D eigenvalue weighted by atomic mass is 35.5. The standard InChI is InChI=1S/C20H16ClN5O/c1-13(27)10-14-11-15(6-7-22-14)26-12-17(20-23-8-9-24-20)19(25-26)16-4-2-3-5-18(16)21/h2-9,11-12H,10H2,1H3,(H,23,24). The summed E-state index contributed by atoms with van der Waals surface area (Å²) in [4.78, 5) is 23.1. The summed E-state index contributed by atoms with van der Waals surface area (Å²) in [5.74, 6) is 0.766. The van der Waals surface area contributed by atoms with Gasteiger partial charge in [-0.25, -0.2) is 9.67 Å². The molecule has 7 heteroatoms. The molecular formula is C20H16ClN5O. The normalized spacial score (nSPS) is 10.9. The quantitative estimate of drug-likeness (QED) is 0.567. The maximum Gasteiger partial charge on any atom is 0.141 e. The number of H-pyrrole nitrogens is 1. The average molecular weight is 378 g/mol. The molecule has 0 aliphatic rings.